The summed E-state index contributed by atoms with van der Waals surface area (Å²) in [6, 6.07) is 0.288. The average Bonchev–Trinajstić information content (AvgIpc) is 2.86. The lowest BCUT2D eigenvalue weighted by Gasteiger charge is -2.06. The largest absolute Gasteiger partial charge is 0.344 e. The average molecular weight is 232 g/mol. The van der Waals surface area contributed by atoms with Gasteiger partial charge in [-0.25, -0.2) is 4.68 Å². The van der Waals surface area contributed by atoms with E-state index in [1.54, 1.807) is 4.68 Å². The van der Waals surface area contributed by atoms with Crippen molar-refractivity contribution < 1.29 is 9.47 Å². The van der Waals surface area contributed by atoms with Gasteiger partial charge in [-0.3, -0.25) is 0 Å². The Morgan fingerprint density at radius 2 is 2.47 bits per heavy atom. The number of alkyl halides is 1. The van der Waals surface area contributed by atoms with Crippen LogP contribution >= 0.6 is 11.6 Å². The Hall–Kier alpha value is -0.650. The van der Waals surface area contributed by atoms with E-state index in [0.717, 1.165) is 0 Å². The Labute approximate surface area is 93.3 Å². The van der Waals surface area contributed by atoms with Crippen LogP contribution in [0.3, 0.4) is 0 Å². The molecule has 1 fully saturated rings. The van der Waals surface area contributed by atoms with Gasteiger partial charge >= 0.3 is 0 Å². The number of nitrogens with zero attached hydrogens (tertiary/aromatic N) is 3. The van der Waals surface area contributed by atoms with Crippen molar-refractivity contribution in [2.24, 2.45) is 0 Å². The molecule has 1 saturated heterocycles. The molecular formula is C9H14ClN3O2. The van der Waals surface area contributed by atoms with Crippen molar-refractivity contribution in [2.45, 2.75) is 32.3 Å². The molecule has 0 saturated carbocycles. The van der Waals surface area contributed by atoms with Crippen molar-refractivity contribution in [2.75, 3.05) is 12.5 Å². The minimum atomic E-state index is -0.416. The Morgan fingerprint density at radius 1 is 1.67 bits per heavy atom. The summed E-state index contributed by atoms with van der Waals surface area (Å²) in [6.45, 7) is 4.59. The lowest BCUT2D eigenvalue weighted by atomic mass is 10.4. The summed E-state index contributed by atoms with van der Waals surface area (Å²) >= 11 is 5.67. The number of hydrogen-bond acceptors (Lipinski definition) is 4. The third-order valence-corrected chi connectivity index (χ3v) is 2.56. The summed E-state index contributed by atoms with van der Waals surface area (Å²) in [5.74, 6) is 0.439. The fourth-order valence-corrected chi connectivity index (χ4v) is 1.50. The molecule has 2 atom stereocenters. The molecule has 2 heterocycles. The van der Waals surface area contributed by atoms with Gasteiger partial charge in [0.25, 0.3) is 0 Å². The molecule has 0 aliphatic carbocycles. The lowest BCUT2D eigenvalue weighted by Crippen LogP contribution is -2.10. The highest BCUT2D eigenvalue weighted by molar-refractivity contribution is 6.18. The molecule has 2 rings (SSSR count). The highest BCUT2D eigenvalue weighted by atomic mass is 35.5. The molecule has 1 aromatic heterocycles. The van der Waals surface area contributed by atoms with E-state index in [-0.39, 0.29) is 12.1 Å². The predicted molar refractivity (Wildman–Crippen MR) is 54.7 cm³/mol. The molecule has 1 aliphatic heterocycles. The van der Waals surface area contributed by atoms with Gasteiger partial charge in [0, 0.05) is 6.04 Å². The van der Waals surface area contributed by atoms with E-state index in [0.29, 0.717) is 18.2 Å². The third kappa shape index (κ3) is 2.30. The standard InChI is InChI=1S/C9H14ClN3O2/c1-6(2)13-4-8(11-12-13)9-14-5-7(3-10)15-9/h4,6-7,9H,3,5H2,1-2H3. The van der Waals surface area contributed by atoms with Crippen LogP contribution < -0.4 is 0 Å². The summed E-state index contributed by atoms with van der Waals surface area (Å²) in [5.41, 5.74) is 0.705. The maximum absolute atomic E-state index is 5.67. The molecule has 6 heteroatoms. The number of aromatic nitrogens is 3. The van der Waals surface area contributed by atoms with Crippen molar-refractivity contribution in [3.8, 4) is 0 Å². The molecule has 2 unspecified atom stereocenters. The van der Waals surface area contributed by atoms with Crippen LogP contribution in [0.5, 0.6) is 0 Å². The molecule has 15 heavy (non-hydrogen) atoms. The van der Waals surface area contributed by atoms with E-state index in [4.69, 9.17) is 21.1 Å². The molecule has 5 nitrogen and oxygen atoms in total. The fraction of sp³-hybridized carbons (Fsp3) is 0.778. The predicted octanol–water partition coefficient (Wildman–Crippen LogP) is 1.51. The molecule has 1 aliphatic rings. The van der Waals surface area contributed by atoms with Gasteiger partial charge in [-0.2, -0.15) is 0 Å². The maximum Gasteiger partial charge on any atom is 0.205 e. The van der Waals surface area contributed by atoms with Crippen LogP contribution in [0.1, 0.15) is 31.9 Å². The zero-order valence-corrected chi connectivity index (χ0v) is 9.52. The number of ether oxygens (including phenoxy) is 2. The van der Waals surface area contributed by atoms with Gasteiger partial charge in [-0.1, -0.05) is 5.21 Å². The summed E-state index contributed by atoms with van der Waals surface area (Å²) in [6.07, 6.45) is 1.38. The molecule has 0 amide bonds. The SMILES string of the molecule is CC(C)n1cc(C2OCC(CCl)O2)nn1. The van der Waals surface area contributed by atoms with E-state index < -0.39 is 6.29 Å². The first-order valence-corrected chi connectivity index (χ1v) is 5.49. The summed E-state index contributed by atoms with van der Waals surface area (Å²) in [5, 5.41) is 7.99. The minimum Gasteiger partial charge on any atom is -0.344 e. The van der Waals surface area contributed by atoms with Gasteiger partial charge in [-0.15, -0.1) is 16.7 Å². The van der Waals surface area contributed by atoms with E-state index in [2.05, 4.69) is 10.3 Å². The highest BCUT2D eigenvalue weighted by Gasteiger charge is 2.28. The maximum atomic E-state index is 5.67. The van der Waals surface area contributed by atoms with Crippen LogP contribution in [0.2, 0.25) is 0 Å². The van der Waals surface area contributed by atoms with E-state index >= 15 is 0 Å². The fourth-order valence-electron chi connectivity index (χ4n) is 1.33. The smallest absolute Gasteiger partial charge is 0.205 e. The molecule has 0 N–H and O–H groups in total. The number of halogens is 1. The van der Waals surface area contributed by atoms with Crippen LogP contribution in [0.15, 0.2) is 6.20 Å². The second kappa shape index (κ2) is 4.47. The van der Waals surface area contributed by atoms with Gasteiger partial charge in [0.15, 0.2) is 0 Å². The Balaban J connectivity index is 2.04. The van der Waals surface area contributed by atoms with Gasteiger partial charge in [0.2, 0.25) is 6.29 Å². The Morgan fingerprint density at radius 3 is 3.00 bits per heavy atom. The first-order chi connectivity index (χ1) is 7.20. The molecule has 0 aromatic carbocycles. The van der Waals surface area contributed by atoms with Crippen molar-refractivity contribution in [3.05, 3.63) is 11.9 Å². The summed E-state index contributed by atoms with van der Waals surface area (Å²) in [4.78, 5) is 0. The van der Waals surface area contributed by atoms with Gasteiger partial charge < -0.3 is 9.47 Å². The van der Waals surface area contributed by atoms with Crippen LogP contribution in [0.4, 0.5) is 0 Å². The normalized spacial score (nSPS) is 26.4. The summed E-state index contributed by atoms with van der Waals surface area (Å²) in [7, 11) is 0. The number of rotatable bonds is 3. The molecule has 84 valence electrons. The molecule has 0 spiro atoms. The number of hydrogen-bond donors (Lipinski definition) is 0. The zero-order chi connectivity index (χ0) is 10.8. The van der Waals surface area contributed by atoms with Gasteiger partial charge in [0.1, 0.15) is 5.69 Å². The molecule has 0 radical (unpaired) electrons. The lowest BCUT2D eigenvalue weighted by molar-refractivity contribution is -0.0598. The first-order valence-electron chi connectivity index (χ1n) is 4.95. The second-order valence-corrected chi connectivity index (χ2v) is 4.10. The van der Waals surface area contributed by atoms with E-state index in [1.165, 1.54) is 0 Å². The molecular weight excluding hydrogens is 218 g/mol. The Kier molecular flexibility index (Phi) is 3.23. The zero-order valence-electron chi connectivity index (χ0n) is 8.76. The van der Waals surface area contributed by atoms with E-state index in [1.807, 2.05) is 20.0 Å². The van der Waals surface area contributed by atoms with Crippen LogP contribution in [0.25, 0.3) is 0 Å². The highest BCUT2D eigenvalue weighted by Crippen LogP contribution is 2.25. The monoisotopic (exact) mass is 231 g/mol. The third-order valence-electron chi connectivity index (χ3n) is 2.22. The van der Waals surface area contributed by atoms with E-state index in [9.17, 15) is 0 Å². The Bertz CT molecular complexity index is 329. The second-order valence-electron chi connectivity index (χ2n) is 3.79. The molecule has 0 bridgehead atoms. The van der Waals surface area contributed by atoms with Crippen LogP contribution in [0, 0.1) is 0 Å². The van der Waals surface area contributed by atoms with Crippen molar-refractivity contribution in [3.63, 3.8) is 0 Å². The first kappa shape index (κ1) is 10.9. The van der Waals surface area contributed by atoms with Crippen LogP contribution in [-0.2, 0) is 9.47 Å². The van der Waals surface area contributed by atoms with Crippen molar-refractivity contribution >= 4 is 11.6 Å². The summed E-state index contributed by atoms with van der Waals surface area (Å²) < 4.78 is 12.7. The van der Waals surface area contributed by atoms with Crippen molar-refractivity contribution in [1.82, 2.24) is 15.0 Å². The van der Waals surface area contributed by atoms with Crippen molar-refractivity contribution in [1.29, 1.82) is 0 Å². The minimum absolute atomic E-state index is 0.0409. The van der Waals surface area contributed by atoms with Gasteiger partial charge in [0.05, 0.1) is 24.8 Å². The topological polar surface area (TPSA) is 49.2 Å². The van der Waals surface area contributed by atoms with Gasteiger partial charge in [-0.05, 0) is 13.8 Å². The quantitative estimate of drug-likeness (QED) is 0.740. The van der Waals surface area contributed by atoms with Crippen LogP contribution in [-0.4, -0.2) is 33.6 Å². The molecule has 1 aromatic rings.